The highest BCUT2D eigenvalue weighted by Gasteiger charge is 2.38. The SMILES string of the molecule is O=C(NCCC[S@@](=O)c1ccc(Cl)c(Cl)c1)C(F)(F)F. The van der Waals surface area contributed by atoms with Gasteiger partial charge in [0.2, 0.25) is 0 Å². The number of alkyl halides is 3. The summed E-state index contributed by atoms with van der Waals surface area (Å²) in [5, 5.41) is 2.28. The Balaban J connectivity index is 2.41. The van der Waals surface area contributed by atoms with Crippen molar-refractivity contribution in [2.24, 2.45) is 0 Å². The van der Waals surface area contributed by atoms with Gasteiger partial charge in [-0.15, -0.1) is 0 Å². The van der Waals surface area contributed by atoms with Gasteiger partial charge < -0.3 is 5.32 Å². The van der Waals surface area contributed by atoms with E-state index in [9.17, 15) is 22.2 Å². The predicted octanol–water partition coefficient (Wildman–Crippen LogP) is 3.17. The van der Waals surface area contributed by atoms with Gasteiger partial charge in [-0.2, -0.15) is 13.2 Å². The number of rotatable bonds is 5. The third kappa shape index (κ3) is 5.30. The third-order valence-electron chi connectivity index (χ3n) is 2.20. The van der Waals surface area contributed by atoms with Crippen molar-refractivity contribution in [2.45, 2.75) is 17.5 Å². The van der Waals surface area contributed by atoms with E-state index in [1.807, 2.05) is 0 Å². The van der Waals surface area contributed by atoms with Gasteiger partial charge in [0.05, 0.1) is 20.8 Å². The zero-order chi connectivity index (χ0) is 15.3. The van der Waals surface area contributed by atoms with Crippen LogP contribution in [0.2, 0.25) is 10.0 Å². The molecule has 0 radical (unpaired) electrons. The molecule has 0 fully saturated rings. The van der Waals surface area contributed by atoms with Gasteiger partial charge in [0.25, 0.3) is 0 Å². The summed E-state index contributed by atoms with van der Waals surface area (Å²) in [6.45, 7) is -0.203. The lowest BCUT2D eigenvalue weighted by atomic mass is 10.4. The summed E-state index contributed by atoms with van der Waals surface area (Å²) >= 11 is 11.5. The van der Waals surface area contributed by atoms with Crippen LogP contribution in [-0.4, -0.2) is 28.6 Å². The van der Waals surface area contributed by atoms with Gasteiger partial charge in [0.1, 0.15) is 0 Å². The van der Waals surface area contributed by atoms with Gasteiger partial charge in [-0.3, -0.25) is 9.00 Å². The second-order valence-electron chi connectivity index (χ2n) is 3.73. The first kappa shape index (κ1) is 17.3. The predicted molar refractivity (Wildman–Crippen MR) is 71.4 cm³/mol. The number of benzene rings is 1. The number of hydrogen-bond donors (Lipinski definition) is 1. The molecular weight excluding hydrogens is 338 g/mol. The highest BCUT2D eigenvalue weighted by atomic mass is 35.5. The van der Waals surface area contributed by atoms with Gasteiger partial charge in [-0.1, -0.05) is 23.2 Å². The number of carbonyl (C=O) groups is 1. The molecule has 1 atom stereocenters. The molecule has 0 saturated heterocycles. The van der Waals surface area contributed by atoms with Crippen LogP contribution in [0.3, 0.4) is 0 Å². The number of halogens is 5. The molecule has 1 N–H and O–H groups in total. The summed E-state index contributed by atoms with van der Waals surface area (Å²) in [5.74, 6) is -1.89. The Morgan fingerprint density at radius 3 is 2.45 bits per heavy atom. The van der Waals surface area contributed by atoms with Crippen molar-refractivity contribution in [3.8, 4) is 0 Å². The quantitative estimate of drug-likeness (QED) is 0.831. The first-order valence-electron chi connectivity index (χ1n) is 5.40. The van der Waals surface area contributed by atoms with Crippen LogP contribution in [0.4, 0.5) is 13.2 Å². The van der Waals surface area contributed by atoms with Crippen molar-refractivity contribution < 1.29 is 22.2 Å². The third-order valence-corrected chi connectivity index (χ3v) is 4.38. The van der Waals surface area contributed by atoms with Gasteiger partial charge >= 0.3 is 12.1 Å². The second kappa shape index (κ2) is 7.28. The van der Waals surface area contributed by atoms with Crippen LogP contribution in [0.1, 0.15) is 6.42 Å². The summed E-state index contributed by atoms with van der Waals surface area (Å²) < 4.78 is 47.5. The number of amides is 1. The molecule has 9 heteroatoms. The van der Waals surface area contributed by atoms with Crippen molar-refractivity contribution >= 4 is 39.9 Å². The molecule has 0 aliphatic heterocycles. The Bertz CT molecular complexity index is 523. The maximum Gasteiger partial charge on any atom is 0.471 e. The number of carbonyl (C=O) groups excluding carboxylic acids is 1. The summed E-state index contributed by atoms with van der Waals surface area (Å²) in [7, 11) is -1.41. The van der Waals surface area contributed by atoms with Gasteiger partial charge in [0, 0.05) is 17.2 Å². The highest BCUT2D eigenvalue weighted by Crippen LogP contribution is 2.24. The lowest BCUT2D eigenvalue weighted by molar-refractivity contribution is -0.173. The van der Waals surface area contributed by atoms with Crippen molar-refractivity contribution in [3.63, 3.8) is 0 Å². The molecule has 1 aromatic rings. The highest BCUT2D eigenvalue weighted by molar-refractivity contribution is 7.85. The smallest absolute Gasteiger partial charge is 0.348 e. The summed E-state index contributed by atoms with van der Waals surface area (Å²) in [5.41, 5.74) is 0. The molecule has 0 heterocycles. The maximum atomic E-state index is 11.9. The molecule has 112 valence electrons. The van der Waals surface area contributed by atoms with Crippen molar-refractivity contribution in [1.82, 2.24) is 5.32 Å². The largest absolute Gasteiger partial charge is 0.471 e. The van der Waals surface area contributed by atoms with Gasteiger partial charge in [-0.25, -0.2) is 0 Å². The molecule has 1 aromatic carbocycles. The Labute approximate surface area is 125 Å². The molecule has 0 aromatic heterocycles. The summed E-state index contributed by atoms with van der Waals surface area (Å²) in [6.07, 6.45) is -4.75. The van der Waals surface area contributed by atoms with Crippen molar-refractivity contribution in [1.29, 1.82) is 0 Å². The van der Waals surface area contributed by atoms with Crippen molar-refractivity contribution in [2.75, 3.05) is 12.3 Å². The number of nitrogens with one attached hydrogen (secondary N) is 1. The van der Waals surface area contributed by atoms with Crippen LogP contribution in [0.5, 0.6) is 0 Å². The van der Waals surface area contributed by atoms with Crippen LogP contribution in [0.25, 0.3) is 0 Å². The summed E-state index contributed by atoms with van der Waals surface area (Å²) in [6, 6.07) is 4.45. The first-order chi connectivity index (χ1) is 9.21. The van der Waals surface area contributed by atoms with E-state index in [2.05, 4.69) is 0 Å². The van der Waals surface area contributed by atoms with Crippen LogP contribution in [0.15, 0.2) is 23.1 Å². The minimum atomic E-state index is -4.90. The van der Waals surface area contributed by atoms with E-state index in [4.69, 9.17) is 23.2 Å². The van der Waals surface area contributed by atoms with Crippen LogP contribution in [0, 0.1) is 0 Å². The molecule has 20 heavy (non-hydrogen) atoms. The minimum absolute atomic E-state index is 0.107. The van der Waals surface area contributed by atoms with Crippen molar-refractivity contribution in [3.05, 3.63) is 28.2 Å². The number of hydrogen-bond acceptors (Lipinski definition) is 2. The average Bonchev–Trinajstić information content (AvgIpc) is 2.36. The molecule has 0 aliphatic carbocycles. The fraction of sp³-hybridized carbons (Fsp3) is 0.364. The minimum Gasteiger partial charge on any atom is -0.348 e. The summed E-state index contributed by atoms with van der Waals surface area (Å²) in [4.78, 5) is 10.9. The molecular formula is C11H10Cl2F3NO2S. The molecule has 0 spiro atoms. The molecule has 3 nitrogen and oxygen atoms in total. The maximum absolute atomic E-state index is 11.9. The van der Waals surface area contributed by atoms with E-state index in [1.165, 1.54) is 18.2 Å². The van der Waals surface area contributed by atoms with E-state index in [-0.39, 0.29) is 23.7 Å². The zero-order valence-electron chi connectivity index (χ0n) is 9.97. The van der Waals surface area contributed by atoms with E-state index in [1.54, 1.807) is 5.32 Å². The van der Waals surface area contributed by atoms with E-state index >= 15 is 0 Å². The fourth-order valence-corrected chi connectivity index (χ4v) is 2.72. The fourth-order valence-electron chi connectivity index (χ4n) is 1.24. The normalized spacial score (nSPS) is 13.1. The topological polar surface area (TPSA) is 46.2 Å². The molecule has 1 amide bonds. The Hall–Kier alpha value is -0.790. The monoisotopic (exact) mass is 347 g/mol. The van der Waals surface area contributed by atoms with Crippen LogP contribution < -0.4 is 5.32 Å². The van der Waals surface area contributed by atoms with E-state index in [0.717, 1.165) is 0 Å². The Morgan fingerprint density at radius 2 is 1.90 bits per heavy atom. The van der Waals surface area contributed by atoms with E-state index < -0.39 is 22.9 Å². The van der Waals surface area contributed by atoms with Crippen LogP contribution >= 0.6 is 23.2 Å². The van der Waals surface area contributed by atoms with Gasteiger partial charge in [-0.05, 0) is 24.6 Å². The van der Waals surface area contributed by atoms with Gasteiger partial charge in [0.15, 0.2) is 0 Å². The standard InChI is InChI=1S/C11H10Cl2F3NO2S/c12-8-3-2-7(6-9(8)13)20(19)5-1-4-17-10(18)11(14,15)16/h2-3,6H,1,4-5H2,(H,17,18)/t20-/m1/s1. The Kier molecular flexibility index (Phi) is 6.29. The lowest BCUT2D eigenvalue weighted by Crippen LogP contribution is -2.37. The molecule has 0 bridgehead atoms. The molecule has 0 saturated carbocycles. The van der Waals surface area contributed by atoms with E-state index in [0.29, 0.717) is 9.92 Å². The molecule has 1 rings (SSSR count). The molecule has 0 unspecified atom stereocenters. The molecule has 0 aliphatic rings. The Morgan fingerprint density at radius 1 is 1.25 bits per heavy atom. The van der Waals surface area contributed by atoms with Crippen LogP contribution in [-0.2, 0) is 15.6 Å². The average molecular weight is 348 g/mol. The second-order valence-corrected chi connectivity index (χ2v) is 6.12. The first-order valence-corrected chi connectivity index (χ1v) is 7.47. The zero-order valence-corrected chi connectivity index (χ0v) is 12.3. The lowest BCUT2D eigenvalue weighted by Gasteiger charge is -2.08.